The zero-order valence-corrected chi connectivity index (χ0v) is 15.0. The van der Waals surface area contributed by atoms with Crippen molar-refractivity contribution in [1.82, 2.24) is 15.2 Å². The molecule has 4 rings (SSSR count). The van der Waals surface area contributed by atoms with Crippen LogP contribution in [0, 0.1) is 0 Å². The number of amides is 2. The van der Waals surface area contributed by atoms with Crippen molar-refractivity contribution in [3.05, 3.63) is 52.5 Å². The number of aromatic nitrogens is 1. The van der Waals surface area contributed by atoms with Gasteiger partial charge in [0.1, 0.15) is 5.52 Å². The maximum atomic E-state index is 12.5. The van der Waals surface area contributed by atoms with Gasteiger partial charge in [-0.3, -0.25) is 0 Å². The van der Waals surface area contributed by atoms with E-state index in [-0.39, 0.29) is 18.0 Å². The van der Waals surface area contributed by atoms with Gasteiger partial charge in [0.25, 0.3) is 0 Å². The van der Waals surface area contributed by atoms with Crippen LogP contribution in [-0.4, -0.2) is 29.0 Å². The maximum absolute atomic E-state index is 12.5. The fourth-order valence-corrected chi connectivity index (χ4v) is 4.03. The molecule has 3 aromatic rings. The lowest BCUT2D eigenvalue weighted by molar-refractivity contribution is 0.174. The molecule has 0 radical (unpaired) electrons. The lowest BCUT2D eigenvalue weighted by atomic mass is 9.97. The second kappa shape index (κ2) is 6.88. The second-order valence-corrected chi connectivity index (χ2v) is 7.29. The number of thiophene rings is 1. The molecule has 25 heavy (non-hydrogen) atoms. The predicted molar refractivity (Wildman–Crippen MR) is 98.8 cm³/mol. The van der Waals surface area contributed by atoms with Crippen LogP contribution in [0.1, 0.15) is 43.2 Å². The van der Waals surface area contributed by atoms with Gasteiger partial charge >= 0.3 is 6.03 Å². The number of urea groups is 1. The summed E-state index contributed by atoms with van der Waals surface area (Å²) >= 11 is 1.65. The summed E-state index contributed by atoms with van der Waals surface area (Å²) in [4.78, 5) is 19.0. The van der Waals surface area contributed by atoms with Crippen molar-refractivity contribution in [2.45, 2.75) is 31.7 Å². The Kier molecular flexibility index (Phi) is 4.44. The summed E-state index contributed by atoms with van der Waals surface area (Å²) in [5.74, 6) is 1.08. The molecule has 2 amide bonds. The molecular formula is C19H21N3O2S. The highest BCUT2D eigenvalue weighted by molar-refractivity contribution is 7.07. The van der Waals surface area contributed by atoms with Crippen molar-refractivity contribution in [3.8, 4) is 0 Å². The molecule has 1 aromatic carbocycles. The Morgan fingerprint density at radius 2 is 2.12 bits per heavy atom. The quantitative estimate of drug-likeness (QED) is 0.750. The van der Waals surface area contributed by atoms with E-state index >= 15 is 0 Å². The summed E-state index contributed by atoms with van der Waals surface area (Å²) in [6.07, 6.45) is 1.76. The Morgan fingerprint density at radius 3 is 2.84 bits per heavy atom. The minimum atomic E-state index is 0.00900. The fourth-order valence-electron chi connectivity index (χ4n) is 3.28. The number of carbonyl (C=O) groups excluding carboxylic acids is 1. The van der Waals surface area contributed by atoms with E-state index in [1.165, 1.54) is 0 Å². The minimum Gasteiger partial charge on any atom is -0.440 e. The van der Waals surface area contributed by atoms with Gasteiger partial charge in [0.15, 0.2) is 11.5 Å². The topological polar surface area (TPSA) is 58.4 Å². The van der Waals surface area contributed by atoms with E-state index in [2.05, 4.69) is 21.7 Å². The number of nitrogens with zero attached hydrogens (tertiary/aromatic N) is 2. The number of likely N-dealkylation sites (tertiary alicyclic amines) is 1. The molecule has 0 saturated carbocycles. The fraction of sp³-hybridized carbons (Fsp3) is 0.368. The van der Waals surface area contributed by atoms with Gasteiger partial charge in [-0.05, 0) is 54.3 Å². The predicted octanol–water partition coefficient (Wildman–Crippen LogP) is 4.54. The number of benzene rings is 1. The number of hydrogen-bond donors (Lipinski definition) is 1. The lowest BCUT2D eigenvalue weighted by Gasteiger charge is -2.31. The van der Waals surface area contributed by atoms with Gasteiger partial charge in [-0.2, -0.15) is 11.3 Å². The highest BCUT2D eigenvalue weighted by Crippen LogP contribution is 2.30. The van der Waals surface area contributed by atoms with Crippen LogP contribution < -0.4 is 5.32 Å². The van der Waals surface area contributed by atoms with E-state index in [1.54, 1.807) is 11.3 Å². The van der Waals surface area contributed by atoms with Crippen molar-refractivity contribution < 1.29 is 9.21 Å². The zero-order valence-electron chi connectivity index (χ0n) is 14.1. The van der Waals surface area contributed by atoms with Gasteiger partial charge in [0.05, 0.1) is 6.04 Å². The first-order valence-electron chi connectivity index (χ1n) is 8.63. The number of nitrogens with one attached hydrogen (secondary N) is 1. The molecule has 2 aromatic heterocycles. The summed E-state index contributed by atoms with van der Waals surface area (Å²) in [6.45, 7) is 3.47. The van der Waals surface area contributed by atoms with Crippen molar-refractivity contribution in [1.29, 1.82) is 0 Å². The standard InChI is InChI=1S/C19H21N3O2S/c1-13(15-8-11-25-12-15)20-19(23)22-9-6-14(7-10-22)18-21-16-4-2-3-5-17(16)24-18/h2-5,8,11-14H,6-7,9-10H2,1H3,(H,20,23)/t13-/m0/s1. The summed E-state index contributed by atoms with van der Waals surface area (Å²) < 4.78 is 5.89. The first-order valence-corrected chi connectivity index (χ1v) is 9.58. The average molecular weight is 355 g/mol. The molecule has 1 saturated heterocycles. The molecule has 1 aliphatic rings. The molecule has 0 spiro atoms. The third kappa shape index (κ3) is 3.39. The van der Waals surface area contributed by atoms with Crippen molar-refractivity contribution >= 4 is 28.5 Å². The summed E-state index contributed by atoms with van der Waals surface area (Å²) in [5.41, 5.74) is 2.89. The van der Waals surface area contributed by atoms with E-state index in [4.69, 9.17) is 4.42 Å². The Bertz CT molecular complexity index is 818. The van der Waals surface area contributed by atoms with E-state index < -0.39 is 0 Å². The number of fused-ring (bicyclic) bond motifs is 1. The third-order valence-corrected chi connectivity index (χ3v) is 5.53. The Balaban J connectivity index is 1.35. The molecule has 1 N–H and O–H groups in total. The summed E-state index contributed by atoms with van der Waals surface area (Å²) in [5, 5.41) is 7.19. The third-order valence-electron chi connectivity index (χ3n) is 4.83. The number of piperidine rings is 1. The number of rotatable bonds is 3. The lowest BCUT2D eigenvalue weighted by Crippen LogP contribution is -2.44. The maximum Gasteiger partial charge on any atom is 0.317 e. The van der Waals surface area contributed by atoms with Gasteiger partial charge < -0.3 is 14.6 Å². The van der Waals surface area contributed by atoms with Gasteiger partial charge in [0, 0.05) is 19.0 Å². The first-order chi connectivity index (χ1) is 12.2. The molecule has 6 heteroatoms. The van der Waals surface area contributed by atoms with Crippen molar-refractivity contribution in [2.75, 3.05) is 13.1 Å². The Hall–Kier alpha value is -2.34. The minimum absolute atomic E-state index is 0.00900. The van der Waals surface area contributed by atoms with Crippen molar-refractivity contribution in [3.63, 3.8) is 0 Å². The molecule has 3 heterocycles. The number of carbonyl (C=O) groups is 1. The van der Waals surface area contributed by atoms with Crippen LogP contribution in [0.2, 0.25) is 0 Å². The largest absolute Gasteiger partial charge is 0.440 e. The number of oxazole rings is 1. The molecule has 0 bridgehead atoms. The highest BCUT2D eigenvalue weighted by atomic mass is 32.1. The van der Waals surface area contributed by atoms with Crippen LogP contribution in [0.5, 0.6) is 0 Å². The van der Waals surface area contributed by atoms with Crippen LogP contribution in [0.25, 0.3) is 11.1 Å². The van der Waals surface area contributed by atoms with Crippen LogP contribution in [-0.2, 0) is 0 Å². The molecule has 1 atom stereocenters. The first kappa shape index (κ1) is 16.1. The molecule has 0 unspecified atom stereocenters. The normalized spacial score (nSPS) is 16.9. The average Bonchev–Trinajstić information content (AvgIpc) is 3.31. The zero-order chi connectivity index (χ0) is 17.2. The van der Waals surface area contributed by atoms with Gasteiger partial charge in [0.2, 0.25) is 0 Å². The molecular weight excluding hydrogens is 334 g/mol. The SMILES string of the molecule is C[C@H](NC(=O)N1CCC(c2nc3ccccc3o2)CC1)c1ccsc1. The van der Waals surface area contributed by atoms with Crippen LogP contribution in [0.3, 0.4) is 0 Å². The molecule has 1 fully saturated rings. The highest BCUT2D eigenvalue weighted by Gasteiger charge is 2.27. The molecule has 0 aliphatic carbocycles. The summed E-state index contributed by atoms with van der Waals surface area (Å²) in [6, 6.07) is 9.93. The number of para-hydroxylation sites is 2. The van der Waals surface area contributed by atoms with Crippen LogP contribution in [0.15, 0.2) is 45.5 Å². The number of hydrogen-bond acceptors (Lipinski definition) is 4. The van der Waals surface area contributed by atoms with E-state index in [0.717, 1.165) is 48.5 Å². The van der Waals surface area contributed by atoms with Crippen LogP contribution in [0.4, 0.5) is 4.79 Å². The molecule has 130 valence electrons. The smallest absolute Gasteiger partial charge is 0.317 e. The molecule has 1 aliphatic heterocycles. The monoisotopic (exact) mass is 355 g/mol. The van der Waals surface area contributed by atoms with E-state index in [9.17, 15) is 4.79 Å². The van der Waals surface area contributed by atoms with Gasteiger partial charge in [-0.15, -0.1) is 0 Å². The second-order valence-electron chi connectivity index (χ2n) is 6.51. The molecule has 5 nitrogen and oxygen atoms in total. The Morgan fingerprint density at radius 1 is 1.32 bits per heavy atom. The summed E-state index contributed by atoms with van der Waals surface area (Å²) in [7, 11) is 0. The van der Waals surface area contributed by atoms with E-state index in [1.807, 2.05) is 41.5 Å². The van der Waals surface area contributed by atoms with Gasteiger partial charge in [-0.25, -0.2) is 9.78 Å². The van der Waals surface area contributed by atoms with Crippen LogP contribution >= 0.6 is 11.3 Å². The van der Waals surface area contributed by atoms with E-state index in [0.29, 0.717) is 0 Å². The Labute approximate surface area is 150 Å². The van der Waals surface area contributed by atoms with Gasteiger partial charge in [-0.1, -0.05) is 12.1 Å². The van der Waals surface area contributed by atoms with Crippen molar-refractivity contribution in [2.24, 2.45) is 0 Å².